The van der Waals surface area contributed by atoms with E-state index >= 15 is 0 Å². The first-order chi connectivity index (χ1) is 9.70. The molecule has 2 fully saturated rings. The molecule has 2 aliphatic rings. The molecule has 0 bridgehead atoms. The van der Waals surface area contributed by atoms with Crippen molar-refractivity contribution in [1.82, 2.24) is 0 Å². The fraction of sp³-hybridized carbons (Fsp3) is 0.571. The number of methoxy groups -OCH3 is 1. The first kappa shape index (κ1) is 13.9. The van der Waals surface area contributed by atoms with Crippen LogP contribution in [-0.2, 0) is 18.9 Å². The molecule has 6 nitrogen and oxygen atoms in total. The van der Waals surface area contributed by atoms with Crippen molar-refractivity contribution in [1.29, 1.82) is 0 Å². The van der Waals surface area contributed by atoms with Crippen LogP contribution in [0.5, 0.6) is 0 Å². The van der Waals surface area contributed by atoms with Crippen LogP contribution in [0.25, 0.3) is 0 Å². The molecule has 20 heavy (non-hydrogen) atoms. The SMILES string of the molecule is CO[C@@H]1O[C@@H]2COC(c3ccccc3)O[C@H]2[C@@H](O)[C@H]1O. The third kappa shape index (κ3) is 2.46. The Morgan fingerprint density at radius 1 is 1.10 bits per heavy atom. The topological polar surface area (TPSA) is 77.4 Å². The minimum Gasteiger partial charge on any atom is -0.387 e. The van der Waals surface area contributed by atoms with Crippen molar-refractivity contribution in [3.63, 3.8) is 0 Å². The molecule has 0 saturated carbocycles. The lowest BCUT2D eigenvalue weighted by Gasteiger charge is -2.45. The fourth-order valence-electron chi connectivity index (χ4n) is 2.55. The van der Waals surface area contributed by atoms with E-state index in [1.54, 1.807) is 0 Å². The lowest BCUT2D eigenvalue weighted by molar-refractivity contribution is -0.358. The van der Waals surface area contributed by atoms with Gasteiger partial charge in [0.2, 0.25) is 0 Å². The minimum atomic E-state index is -1.14. The average molecular weight is 282 g/mol. The Balaban J connectivity index is 1.74. The van der Waals surface area contributed by atoms with Gasteiger partial charge in [-0.05, 0) is 0 Å². The Labute approximate surface area is 116 Å². The highest BCUT2D eigenvalue weighted by atomic mass is 16.7. The molecule has 0 aromatic heterocycles. The van der Waals surface area contributed by atoms with E-state index in [0.29, 0.717) is 0 Å². The summed E-state index contributed by atoms with van der Waals surface area (Å²) >= 11 is 0. The van der Waals surface area contributed by atoms with Gasteiger partial charge in [-0.15, -0.1) is 0 Å². The molecular weight excluding hydrogens is 264 g/mol. The van der Waals surface area contributed by atoms with Gasteiger partial charge >= 0.3 is 0 Å². The molecule has 2 N–H and O–H groups in total. The molecule has 3 rings (SSSR count). The van der Waals surface area contributed by atoms with Gasteiger partial charge in [-0.25, -0.2) is 0 Å². The minimum absolute atomic E-state index is 0.272. The van der Waals surface area contributed by atoms with Gasteiger partial charge in [0.1, 0.15) is 24.4 Å². The second kappa shape index (κ2) is 5.77. The molecule has 1 unspecified atom stereocenters. The van der Waals surface area contributed by atoms with E-state index in [1.165, 1.54) is 7.11 Å². The number of aliphatic hydroxyl groups excluding tert-OH is 2. The molecular formula is C14H18O6. The highest BCUT2D eigenvalue weighted by Gasteiger charge is 2.48. The Bertz CT molecular complexity index is 437. The number of hydrogen-bond donors (Lipinski definition) is 2. The first-order valence-corrected chi connectivity index (χ1v) is 6.57. The predicted octanol–water partition coefficient (Wildman–Crippen LogP) is 0.194. The second-order valence-electron chi connectivity index (χ2n) is 4.94. The molecule has 0 radical (unpaired) electrons. The van der Waals surface area contributed by atoms with Gasteiger partial charge in [-0.1, -0.05) is 30.3 Å². The van der Waals surface area contributed by atoms with Crippen molar-refractivity contribution in [2.24, 2.45) is 0 Å². The van der Waals surface area contributed by atoms with Crippen molar-refractivity contribution in [2.75, 3.05) is 13.7 Å². The third-order valence-corrected chi connectivity index (χ3v) is 3.64. The highest BCUT2D eigenvalue weighted by molar-refractivity contribution is 5.16. The van der Waals surface area contributed by atoms with Crippen molar-refractivity contribution in [3.8, 4) is 0 Å². The van der Waals surface area contributed by atoms with Crippen LogP contribution in [-0.4, -0.2) is 54.6 Å². The molecule has 6 atom stereocenters. The molecule has 0 spiro atoms. The maximum absolute atomic E-state index is 10.1. The Morgan fingerprint density at radius 2 is 1.85 bits per heavy atom. The average Bonchev–Trinajstić information content (AvgIpc) is 2.51. The summed E-state index contributed by atoms with van der Waals surface area (Å²) in [5.74, 6) is 0. The Hall–Kier alpha value is -1.02. The number of hydrogen-bond acceptors (Lipinski definition) is 6. The van der Waals surface area contributed by atoms with Crippen molar-refractivity contribution < 1.29 is 29.2 Å². The summed E-state index contributed by atoms with van der Waals surface area (Å²) in [6.45, 7) is 0.272. The Kier molecular flexibility index (Phi) is 4.02. The summed E-state index contributed by atoms with van der Waals surface area (Å²) in [5, 5.41) is 20.1. The maximum atomic E-state index is 10.1. The summed E-state index contributed by atoms with van der Waals surface area (Å²) in [6.07, 6.45) is -4.76. The number of benzene rings is 1. The highest BCUT2D eigenvalue weighted by Crippen LogP contribution is 2.33. The largest absolute Gasteiger partial charge is 0.387 e. The maximum Gasteiger partial charge on any atom is 0.186 e. The molecule has 1 aromatic rings. The van der Waals surface area contributed by atoms with Crippen molar-refractivity contribution >= 4 is 0 Å². The van der Waals surface area contributed by atoms with Gasteiger partial charge in [0, 0.05) is 12.7 Å². The molecule has 6 heteroatoms. The lowest BCUT2D eigenvalue weighted by Crippen LogP contribution is -2.62. The summed E-state index contributed by atoms with van der Waals surface area (Å²) in [6, 6.07) is 9.45. The summed E-state index contributed by atoms with van der Waals surface area (Å²) in [5.41, 5.74) is 0.863. The zero-order valence-corrected chi connectivity index (χ0v) is 11.1. The standard InChI is InChI=1S/C14H18O6/c1-17-14-11(16)10(15)12-9(19-14)7-18-13(20-12)8-5-3-2-4-6-8/h2-6,9-16H,7H2,1H3/t9-,10+,11-,12-,13?,14-/m1/s1. The van der Waals surface area contributed by atoms with Crippen molar-refractivity contribution in [3.05, 3.63) is 35.9 Å². The van der Waals surface area contributed by atoms with E-state index in [0.717, 1.165) is 5.56 Å². The van der Waals surface area contributed by atoms with Gasteiger partial charge in [-0.2, -0.15) is 0 Å². The monoisotopic (exact) mass is 282 g/mol. The van der Waals surface area contributed by atoms with E-state index < -0.39 is 37.0 Å². The lowest BCUT2D eigenvalue weighted by atomic mass is 9.98. The van der Waals surface area contributed by atoms with Crippen LogP contribution in [0.2, 0.25) is 0 Å². The van der Waals surface area contributed by atoms with Gasteiger partial charge in [0.25, 0.3) is 0 Å². The number of fused-ring (bicyclic) bond motifs is 1. The van der Waals surface area contributed by atoms with Crippen LogP contribution in [0, 0.1) is 0 Å². The van der Waals surface area contributed by atoms with Crippen LogP contribution in [0.3, 0.4) is 0 Å². The molecule has 110 valence electrons. The normalized spacial score (nSPS) is 41.1. The molecule has 1 aromatic carbocycles. The number of rotatable bonds is 2. The zero-order chi connectivity index (χ0) is 14.1. The smallest absolute Gasteiger partial charge is 0.186 e. The van der Waals surface area contributed by atoms with Gasteiger partial charge < -0.3 is 29.2 Å². The molecule has 0 amide bonds. The van der Waals surface area contributed by atoms with Gasteiger partial charge in [-0.3, -0.25) is 0 Å². The van der Waals surface area contributed by atoms with E-state index in [1.807, 2.05) is 30.3 Å². The molecule has 2 heterocycles. The van der Waals surface area contributed by atoms with E-state index in [2.05, 4.69) is 0 Å². The molecule has 0 aliphatic carbocycles. The predicted molar refractivity (Wildman–Crippen MR) is 67.7 cm³/mol. The number of ether oxygens (including phenoxy) is 4. The zero-order valence-electron chi connectivity index (χ0n) is 11.1. The first-order valence-electron chi connectivity index (χ1n) is 6.57. The number of aliphatic hydroxyl groups is 2. The molecule has 2 saturated heterocycles. The molecule has 2 aliphatic heterocycles. The van der Waals surface area contributed by atoms with Crippen LogP contribution in [0.15, 0.2) is 30.3 Å². The van der Waals surface area contributed by atoms with Crippen LogP contribution >= 0.6 is 0 Å². The van der Waals surface area contributed by atoms with Gasteiger partial charge in [0.05, 0.1) is 6.61 Å². The van der Waals surface area contributed by atoms with Crippen LogP contribution < -0.4 is 0 Å². The van der Waals surface area contributed by atoms with E-state index in [9.17, 15) is 10.2 Å². The quantitative estimate of drug-likeness (QED) is 0.806. The van der Waals surface area contributed by atoms with Crippen molar-refractivity contribution in [2.45, 2.75) is 37.0 Å². The van der Waals surface area contributed by atoms with E-state index in [4.69, 9.17) is 18.9 Å². The van der Waals surface area contributed by atoms with Crippen LogP contribution in [0.4, 0.5) is 0 Å². The second-order valence-corrected chi connectivity index (χ2v) is 4.94. The summed E-state index contributed by atoms with van der Waals surface area (Å²) < 4.78 is 21.9. The summed E-state index contributed by atoms with van der Waals surface area (Å²) in [7, 11) is 1.41. The van der Waals surface area contributed by atoms with Gasteiger partial charge in [0.15, 0.2) is 12.6 Å². The van der Waals surface area contributed by atoms with E-state index in [-0.39, 0.29) is 6.61 Å². The third-order valence-electron chi connectivity index (χ3n) is 3.64. The summed E-state index contributed by atoms with van der Waals surface area (Å²) in [4.78, 5) is 0. The van der Waals surface area contributed by atoms with Crippen LogP contribution in [0.1, 0.15) is 11.9 Å². The Morgan fingerprint density at radius 3 is 2.55 bits per heavy atom. The fourth-order valence-corrected chi connectivity index (χ4v) is 2.55.